The molecule has 4 aromatic rings. The minimum atomic E-state index is 0.222. The van der Waals surface area contributed by atoms with E-state index in [-0.39, 0.29) is 11.8 Å². The highest BCUT2D eigenvalue weighted by Gasteiger charge is 2.20. The molecule has 0 spiro atoms. The second kappa shape index (κ2) is 12.1. The van der Waals surface area contributed by atoms with Gasteiger partial charge in [0, 0.05) is 30.8 Å². The maximum Gasteiger partial charge on any atom is 0.223 e. The van der Waals surface area contributed by atoms with Gasteiger partial charge in [0.25, 0.3) is 0 Å². The molecular weight excluding hydrogens is 446 g/mol. The SMILES string of the molecule is O=C(NCCCc1nc2ccccc2n1CCCCOc1cccc2ccccc12)C1CCCCC1. The lowest BCUT2D eigenvalue weighted by Crippen LogP contribution is -2.32. The first-order chi connectivity index (χ1) is 17.8. The van der Waals surface area contributed by atoms with Gasteiger partial charge in [-0.3, -0.25) is 4.79 Å². The van der Waals surface area contributed by atoms with Gasteiger partial charge in [-0.05, 0) is 55.7 Å². The largest absolute Gasteiger partial charge is 0.493 e. The lowest BCUT2D eigenvalue weighted by Gasteiger charge is -2.20. The normalized spacial score (nSPS) is 14.3. The molecule has 3 aromatic carbocycles. The van der Waals surface area contributed by atoms with Gasteiger partial charge >= 0.3 is 0 Å². The number of fused-ring (bicyclic) bond motifs is 2. The van der Waals surface area contributed by atoms with Gasteiger partial charge in [-0.1, -0.05) is 67.8 Å². The molecule has 5 nitrogen and oxygen atoms in total. The second-order valence-electron chi connectivity index (χ2n) is 9.93. The maximum absolute atomic E-state index is 12.5. The number of hydrogen-bond donors (Lipinski definition) is 1. The minimum absolute atomic E-state index is 0.222. The maximum atomic E-state index is 12.5. The van der Waals surface area contributed by atoms with Gasteiger partial charge in [0.1, 0.15) is 11.6 Å². The molecule has 5 heteroatoms. The smallest absolute Gasteiger partial charge is 0.223 e. The van der Waals surface area contributed by atoms with E-state index in [1.54, 1.807) is 0 Å². The number of imidazole rings is 1. The number of nitrogens with one attached hydrogen (secondary N) is 1. The first-order valence-corrected chi connectivity index (χ1v) is 13.6. The number of amides is 1. The third kappa shape index (κ3) is 5.89. The number of benzene rings is 3. The summed E-state index contributed by atoms with van der Waals surface area (Å²) in [6, 6.07) is 23.0. The fraction of sp³-hybridized carbons (Fsp3) is 0.419. The Hall–Kier alpha value is -3.34. The van der Waals surface area contributed by atoms with Crippen molar-refractivity contribution in [2.24, 2.45) is 5.92 Å². The molecule has 5 rings (SSSR count). The Morgan fingerprint density at radius 3 is 2.64 bits per heavy atom. The molecule has 0 aliphatic heterocycles. The van der Waals surface area contributed by atoms with Crippen LogP contribution in [0.1, 0.15) is 57.2 Å². The van der Waals surface area contributed by atoms with Gasteiger partial charge < -0.3 is 14.6 Å². The van der Waals surface area contributed by atoms with E-state index < -0.39 is 0 Å². The number of aromatic nitrogens is 2. The number of unbranched alkanes of at least 4 members (excludes halogenated alkanes) is 1. The molecule has 188 valence electrons. The van der Waals surface area contributed by atoms with Gasteiger partial charge in [0.15, 0.2) is 0 Å². The molecule has 1 aromatic heterocycles. The molecule has 0 radical (unpaired) electrons. The van der Waals surface area contributed by atoms with E-state index >= 15 is 0 Å². The number of carbonyl (C=O) groups excluding carboxylic acids is 1. The van der Waals surface area contributed by atoms with E-state index in [4.69, 9.17) is 9.72 Å². The molecule has 1 heterocycles. The Morgan fingerprint density at radius 2 is 1.72 bits per heavy atom. The number of ether oxygens (including phenoxy) is 1. The van der Waals surface area contributed by atoms with Crippen molar-refractivity contribution < 1.29 is 9.53 Å². The fourth-order valence-corrected chi connectivity index (χ4v) is 5.41. The highest BCUT2D eigenvalue weighted by Crippen LogP contribution is 2.26. The van der Waals surface area contributed by atoms with Crippen LogP contribution >= 0.6 is 0 Å². The van der Waals surface area contributed by atoms with Crippen LogP contribution in [0, 0.1) is 5.92 Å². The number of carbonyl (C=O) groups is 1. The average molecular weight is 484 g/mol. The van der Waals surface area contributed by atoms with Crippen molar-refractivity contribution in [2.75, 3.05) is 13.2 Å². The molecule has 0 unspecified atom stereocenters. The van der Waals surface area contributed by atoms with Gasteiger partial charge in [0.2, 0.25) is 5.91 Å². The summed E-state index contributed by atoms with van der Waals surface area (Å²) in [6.45, 7) is 2.34. The summed E-state index contributed by atoms with van der Waals surface area (Å²) in [6.07, 6.45) is 9.53. The van der Waals surface area contributed by atoms with E-state index in [0.29, 0.717) is 6.61 Å². The third-order valence-corrected chi connectivity index (χ3v) is 7.37. The van der Waals surface area contributed by atoms with Crippen LogP contribution in [0.5, 0.6) is 5.75 Å². The topological polar surface area (TPSA) is 56.2 Å². The lowest BCUT2D eigenvalue weighted by atomic mass is 9.89. The standard InChI is InChI=1S/C31H37N3O2/c35-31(25-13-2-1-3-14-25)32-21-11-20-30-33-27-17-6-7-18-28(27)34(30)22-8-9-23-36-29-19-10-15-24-12-4-5-16-26(24)29/h4-7,10,12,15-19,25H,1-3,8-9,11,13-14,20-23H2,(H,32,35). The van der Waals surface area contributed by atoms with Crippen molar-refractivity contribution >= 4 is 27.7 Å². The van der Waals surface area contributed by atoms with E-state index in [9.17, 15) is 4.79 Å². The van der Waals surface area contributed by atoms with Crippen molar-refractivity contribution in [2.45, 2.75) is 64.3 Å². The molecule has 1 aliphatic carbocycles. The van der Waals surface area contributed by atoms with Crippen LogP contribution < -0.4 is 10.1 Å². The Kier molecular flexibility index (Phi) is 8.17. The van der Waals surface area contributed by atoms with Gasteiger partial charge in [-0.25, -0.2) is 4.98 Å². The Morgan fingerprint density at radius 1 is 0.917 bits per heavy atom. The highest BCUT2D eigenvalue weighted by atomic mass is 16.5. The summed E-state index contributed by atoms with van der Waals surface area (Å²) in [5, 5.41) is 5.54. The number of nitrogens with zero attached hydrogens (tertiary/aromatic N) is 2. The van der Waals surface area contributed by atoms with Crippen molar-refractivity contribution in [1.29, 1.82) is 0 Å². The minimum Gasteiger partial charge on any atom is -0.493 e. The Labute approximate surface area is 213 Å². The van der Waals surface area contributed by atoms with Gasteiger partial charge in [-0.15, -0.1) is 0 Å². The Balaban J connectivity index is 1.13. The van der Waals surface area contributed by atoms with Crippen molar-refractivity contribution in [3.8, 4) is 5.75 Å². The summed E-state index contributed by atoms with van der Waals surface area (Å²) in [7, 11) is 0. The molecule has 0 bridgehead atoms. The van der Waals surface area contributed by atoms with E-state index in [1.807, 2.05) is 6.07 Å². The summed E-state index contributed by atoms with van der Waals surface area (Å²) < 4.78 is 8.50. The quantitative estimate of drug-likeness (QED) is 0.242. The van der Waals surface area contributed by atoms with Crippen molar-refractivity contribution in [3.05, 3.63) is 72.6 Å². The summed E-state index contributed by atoms with van der Waals surface area (Å²) >= 11 is 0. The predicted octanol–water partition coefficient (Wildman–Crippen LogP) is 6.68. The van der Waals surface area contributed by atoms with E-state index in [0.717, 1.165) is 68.7 Å². The average Bonchev–Trinajstić information content (AvgIpc) is 3.28. The lowest BCUT2D eigenvalue weighted by molar-refractivity contribution is -0.125. The van der Waals surface area contributed by atoms with Crippen LogP contribution in [-0.4, -0.2) is 28.6 Å². The van der Waals surface area contributed by atoms with Crippen molar-refractivity contribution in [1.82, 2.24) is 14.9 Å². The second-order valence-corrected chi connectivity index (χ2v) is 9.93. The summed E-state index contributed by atoms with van der Waals surface area (Å²) in [4.78, 5) is 17.4. The number of rotatable bonds is 11. The first kappa shape index (κ1) is 24.4. The van der Waals surface area contributed by atoms with Crippen LogP contribution in [0.4, 0.5) is 0 Å². The molecule has 0 atom stereocenters. The zero-order valence-electron chi connectivity index (χ0n) is 21.1. The zero-order chi connectivity index (χ0) is 24.6. The molecule has 1 saturated carbocycles. The van der Waals surface area contributed by atoms with Crippen LogP contribution in [0.15, 0.2) is 66.7 Å². The third-order valence-electron chi connectivity index (χ3n) is 7.37. The van der Waals surface area contributed by atoms with Gasteiger partial charge in [-0.2, -0.15) is 0 Å². The summed E-state index contributed by atoms with van der Waals surface area (Å²) in [5.41, 5.74) is 2.24. The molecular formula is C31H37N3O2. The monoisotopic (exact) mass is 483 g/mol. The number of aryl methyl sites for hydroxylation is 2. The highest BCUT2D eigenvalue weighted by molar-refractivity contribution is 5.88. The van der Waals surface area contributed by atoms with Crippen molar-refractivity contribution in [3.63, 3.8) is 0 Å². The van der Waals surface area contributed by atoms with E-state index in [2.05, 4.69) is 70.5 Å². The van der Waals surface area contributed by atoms with Crippen LogP contribution in [0.3, 0.4) is 0 Å². The summed E-state index contributed by atoms with van der Waals surface area (Å²) in [5.74, 6) is 2.53. The van der Waals surface area contributed by atoms with Crippen LogP contribution in [0.25, 0.3) is 21.8 Å². The predicted molar refractivity (Wildman–Crippen MR) is 146 cm³/mol. The fourth-order valence-electron chi connectivity index (χ4n) is 5.41. The zero-order valence-corrected chi connectivity index (χ0v) is 21.1. The number of hydrogen-bond acceptors (Lipinski definition) is 3. The molecule has 1 N–H and O–H groups in total. The van der Waals surface area contributed by atoms with Crippen LogP contribution in [-0.2, 0) is 17.8 Å². The molecule has 0 saturated heterocycles. The number of para-hydroxylation sites is 2. The molecule has 1 amide bonds. The molecule has 1 aliphatic rings. The first-order valence-electron chi connectivity index (χ1n) is 13.6. The van der Waals surface area contributed by atoms with Gasteiger partial charge in [0.05, 0.1) is 17.6 Å². The molecule has 36 heavy (non-hydrogen) atoms. The Bertz CT molecular complexity index is 1280. The van der Waals surface area contributed by atoms with Crippen LogP contribution in [0.2, 0.25) is 0 Å². The molecule has 1 fully saturated rings. The van der Waals surface area contributed by atoms with E-state index in [1.165, 1.54) is 35.6 Å².